The SMILES string of the molecule is CC.O=CNC(=O)C[C@H]1C(=O)N(Cc2ccc(Br)cc2F)C(=O)c2cccn21. The molecule has 2 aromatic rings. The Morgan fingerprint density at radius 2 is 2.00 bits per heavy atom. The van der Waals surface area contributed by atoms with Crippen LogP contribution in [0.5, 0.6) is 0 Å². The topological polar surface area (TPSA) is 88.5 Å². The molecule has 0 unspecified atom stereocenters. The second kappa shape index (κ2) is 9.41. The van der Waals surface area contributed by atoms with E-state index in [1.165, 1.54) is 29.0 Å². The van der Waals surface area contributed by atoms with Crippen LogP contribution in [-0.4, -0.2) is 33.6 Å². The molecule has 0 radical (unpaired) electrons. The lowest BCUT2D eigenvalue weighted by atomic mass is 10.1. The van der Waals surface area contributed by atoms with Crippen LogP contribution in [0, 0.1) is 5.82 Å². The van der Waals surface area contributed by atoms with E-state index in [1.807, 2.05) is 19.2 Å². The Bertz CT molecular complexity index is 912. The zero-order valence-electron chi connectivity index (χ0n) is 15.3. The Labute approximate surface area is 169 Å². The highest BCUT2D eigenvalue weighted by atomic mass is 79.9. The molecule has 1 aromatic carbocycles. The summed E-state index contributed by atoms with van der Waals surface area (Å²) < 4.78 is 16.0. The third-order valence-electron chi connectivity index (χ3n) is 4.07. The molecule has 1 aliphatic rings. The Morgan fingerprint density at radius 1 is 1.29 bits per heavy atom. The molecule has 0 fully saturated rings. The minimum absolute atomic E-state index is 0.172. The van der Waals surface area contributed by atoms with Crippen molar-refractivity contribution in [1.29, 1.82) is 0 Å². The highest BCUT2D eigenvalue weighted by molar-refractivity contribution is 9.10. The van der Waals surface area contributed by atoms with Crippen LogP contribution in [0.25, 0.3) is 0 Å². The third kappa shape index (κ3) is 4.36. The summed E-state index contributed by atoms with van der Waals surface area (Å²) in [5.74, 6) is -2.42. The van der Waals surface area contributed by atoms with Crippen LogP contribution in [0.4, 0.5) is 4.39 Å². The lowest BCUT2D eigenvalue weighted by Crippen LogP contribution is -2.48. The molecule has 0 saturated heterocycles. The van der Waals surface area contributed by atoms with E-state index in [1.54, 1.807) is 12.1 Å². The molecule has 9 heteroatoms. The first kappa shape index (κ1) is 21.5. The van der Waals surface area contributed by atoms with Crippen LogP contribution >= 0.6 is 15.9 Å². The normalized spacial score (nSPS) is 15.4. The Hall–Kier alpha value is -2.81. The number of rotatable bonds is 5. The molecule has 1 N–H and O–H groups in total. The molecule has 0 saturated carbocycles. The number of imide groups is 2. The van der Waals surface area contributed by atoms with Crippen LogP contribution in [0.1, 0.15) is 42.4 Å². The molecule has 0 spiro atoms. The van der Waals surface area contributed by atoms with Gasteiger partial charge in [0.1, 0.15) is 17.6 Å². The van der Waals surface area contributed by atoms with Crippen LogP contribution in [-0.2, 0) is 20.9 Å². The molecule has 1 atom stereocenters. The molecule has 2 heterocycles. The molecule has 1 aromatic heterocycles. The summed E-state index contributed by atoms with van der Waals surface area (Å²) >= 11 is 3.15. The molecular weight excluding hydrogens is 433 g/mol. The van der Waals surface area contributed by atoms with Crippen molar-refractivity contribution in [2.24, 2.45) is 0 Å². The molecule has 3 rings (SSSR count). The lowest BCUT2D eigenvalue weighted by Gasteiger charge is -2.32. The molecule has 7 nitrogen and oxygen atoms in total. The number of aromatic nitrogens is 1. The molecule has 28 heavy (non-hydrogen) atoms. The largest absolute Gasteiger partial charge is 0.330 e. The van der Waals surface area contributed by atoms with Crippen molar-refractivity contribution in [3.05, 3.63) is 58.1 Å². The van der Waals surface area contributed by atoms with Crippen molar-refractivity contribution >= 4 is 40.1 Å². The maximum Gasteiger partial charge on any atom is 0.277 e. The Morgan fingerprint density at radius 3 is 2.64 bits per heavy atom. The quantitative estimate of drug-likeness (QED) is 0.558. The number of nitrogens with zero attached hydrogens (tertiary/aromatic N) is 2. The fourth-order valence-corrected chi connectivity index (χ4v) is 3.17. The van der Waals surface area contributed by atoms with Crippen molar-refractivity contribution in [2.75, 3.05) is 0 Å². The van der Waals surface area contributed by atoms with E-state index in [9.17, 15) is 23.6 Å². The summed E-state index contributed by atoms with van der Waals surface area (Å²) in [4.78, 5) is 48.5. The average molecular weight is 452 g/mol. The number of carbonyl (C=O) groups excluding carboxylic acids is 4. The van der Waals surface area contributed by atoms with Crippen LogP contribution in [0.2, 0.25) is 0 Å². The highest BCUT2D eigenvalue weighted by Crippen LogP contribution is 2.28. The first-order valence-corrected chi connectivity index (χ1v) is 9.41. The number of halogens is 2. The van der Waals surface area contributed by atoms with Gasteiger partial charge in [0.05, 0.1) is 13.0 Å². The van der Waals surface area contributed by atoms with Gasteiger partial charge in [-0.15, -0.1) is 0 Å². The van der Waals surface area contributed by atoms with Crippen LogP contribution in [0.15, 0.2) is 41.0 Å². The smallest absolute Gasteiger partial charge is 0.277 e. The van der Waals surface area contributed by atoms with Gasteiger partial charge in [0.2, 0.25) is 12.3 Å². The van der Waals surface area contributed by atoms with Gasteiger partial charge in [-0.2, -0.15) is 0 Å². The minimum atomic E-state index is -0.990. The van der Waals surface area contributed by atoms with E-state index in [0.717, 1.165) is 4.90 Å². The second-order valence-corrected chi connectivity index (χ2v) is 6.59. The van der Waals surface area contributed by atoms with Gasteiger partial charge in [0.25, 0.3) is 11.8 Å². The fourth-order valence-electron chi connectivity index (χ4n) is 2.84. The monoisotopic (exact) mass is 451 g/mol. The van der Waals surface area contributed by atoms with Gasteiger partial charge in [-0.05, 0) is 24.3 Å². The van der Waals surface area contributed by atoms with Gasteiger partial charge in [0, 0.05) is 16.2 Å². The lowest BCUT2D eigenvalue weighted by molar-refractivity contribution is -0.137. The Kier molecular flexibility index (Phi) is 7.22. The van der Waals surface area contributed by atoms with E-state index in [4.69, 9.17) is 0 Å². The molecule has 0 bridgehead atoms. The van der Waals surface area contributed by atoms with Crippen LogP contribution in [0.3, 0.4) is 0 Å². The van der Waals surface area contributed by atoms with Gasteiger partial charge in [-0.25, -0.2) is 4.39 Å². The number of nitrogens with one attached hydrogen (secondary N) is 1. The summed E-state index contributed by atoms with van der Waals surface area (Å²) in [6.45, 7) is 3.74. The summed E-state index contributed by atoms with van der Waals surface area (Å²) in [6.07, 6.45) is 1.43. The number of fused-ring (bicyclic) bond motifs is 1. The van der Waals surface area contributed by atoms with E-state index in [2.05, 4.69) is 15.9 Å². The zero-order chi connectivity index (χ0) is 20.8. The molecule has 4 amide bonds. The first-order chi connectivity index (χ1) is 13.4. The highest BCUT2D eigenvalue weighted by Gasteiger charge is 2.39. The van der Waals surface area contributed by atoms with Gasteiger partial charge in [0.15, 0.2) is 0 Å². The summed E-state index contributed by atoms with van der Waals surface area (Å²) in [5.41, 5.74) is 0.386. The summed E-state index contributed by atoms with van der Waals surface area (Å²) in [7, 11) is 0. The summed E-state index contributed by atoms with van der Waals surface area (Å²) in [5, 5.41) is 1.97. The van der Waals surface area contributed by atoms with Gasteiger partial charge >= 0.3 is 0 Å². The molecule has 0 aliphatic carbocycles. The minimum Gasteiger partial charge on any atom is -0.330 e. The molecule has 1 aliphatic heterocycles. The average Bonchev–Trinajstić information content (AvgIpc) is 3.15. The maximum absolute atomic E-state index is 14.1. The molecular formula is C19H19BrFN3O4. The van der Waals surface area contributed by atoms with E-state index in [-0.39, 0.29) is 30.6 Å². The number of hydrogen-bond donors (Lipinski definition) is 1. The second-order valence-electron chi connectivity index (χ2n) is 5.67. The van der Waals surface area contributed by atoms with Gasteiger partial charge in [-0.1, -0.05) is 35.8 Å². The predicted molar refractivity (Wildman–Crippen MR) is 103 cm³/mol. The maximum atomic E-state index is 14.1. The Balaban J connectivity index is 0.00000136. The number of hydrogen-bond acceptors (Lipinski definition) is 4. The fraction of sp³-hybridized carbons (Fsp3) is 0.263. The number of amides is 4. The van der Waals surface area contributed by atoms with Crippen molar-refractivity contribution in [1.82, 2.24) is 14.8 Å². The van der Waals surface area contributed by atoms with Gasteiger partial charge in [-0.3, -0.25) is 29.4 Å². The standard InChI is InChI=1S/C17H13BrFN3O4.C2H6/c18-11-4-3-10(12(19)6-11)8-22-16(25)13-2-1-5-21(13)14(17(22)26)7-15(24)20-9-23;1-2/h1-6,9,14H,7-8H2,(H,20,23,24);1-2H3/t14-;/m0./s1. The first-order valence-electron chi connectivity index (χ1n) is 8.62. The summed E-state index contributed by atoms with van der Waals surface area (Å²) in [6, 6.07) is 6.43. The number of benzene rings is 1. The van der Waals surface area contributed by atoms with Crippen molar-refractivity contribution in [3.63, 3.8) is 0 Å². The van der Waals surface area contributed by atoms with Crippen LogP contribution < -0.4 is 5.32 Å². The predicted octanol–water partition coefficient (Wildman–Crippen LogP) is 2.80. The van der Waals surface area contributed by atoms with Crippen molar-refractivity contribution in [2.45, 2.75) is 32.9 Å². The van der Waals surface area contributed by atoms with E-state index < -0.39 is 29.6 Å². The zero-order valence-corrected chi connectivity index (χ0v) is 16.9. The van der Waals surface area contributed by atoms with E-state index >= 15 is 0 Å². The van der Waals surface area contributed by atoms with Gasteiger partial charge < -0.3 is 4.57 Å². The molecule has 148 valence electrons. The third-order valence-corrected chi connectivity index (χ3v) is 4.57. The van der Waals surface area contributed by atoms with E-state index in [0.29, 0.717) is 4.47 Å². The van der Waals surface area contributed by atoms with Crippen molar-refractivity contribution in [3.8, 4) is 0 Å². The number of carbonyl (C=O) groups is 4. The van der Waals surface area contributed by atoms with Crippen molar-refractivity contribution < 1.29 is 23.6 Å².